The van der Waals surface area contributed by atoms with Crippen molar-refractivity contribution >= 4 is 10.9 Å². The van der Waals surface area contributed by atoms with E-state index in [9.17, 15) is 18.3 Å². The fraction of sp³-hybridized carbons (Fsp3) is 0.550. The van der Waals surface area contributed by atoms with E-state index in [1.165, 1.54) is 18.7 Å². The number of pyridine rings is 1. The Morgan fingerprint density at radius 2 is 2.12 bits per heavy atom. The van der Waals surface area contributed by atoms with Crippen LogP contribution in [-0.2, 0) is 6.18 Å². The molecule has 1 unspecified atom stereocenters. The monoisotopic (exact) mass is 364 g/mol. The van der Waals surface area contributed by atoms with Crippen LogP contribution in [0.1, 0.15) is 43.4 Å². The Morgan fingerprint density at radius 1 is 1.31 bits per heavy atom. The second kappa shape index (κ2) is 6.50. The van der Waals surface area contributed by atoms with E-state index < -0.39 is 17.8 Å². The van der Waals surface area contributed by atoms with E-state index in [0.29, 0.717) is 22.8 Å². The van der Waals surface area contributed by atoms with E-state index in [-0.39, 0.29) is 11.6 Å². The summed E-state index contributed by atoms with van der Waals surface area (Å²) in [4.78, 5) is 6.45. The molecule has 2 bridgehead atoms. The van der Waals surface area contributed by atoms with Gasteiger partial charge in [0, 0.05) is 24.2 Å². The van der Waals surface area contributed by atoms with Crippen molar-refractivity contribution in [3.63, 3.8) is 0 Å². The second-order valence-electron chi connectivity index (χ2n) is 7.59. The predicted octanol–water partition coefficient (Wildman–Crippen LogP) is 4.41. The number of alkyl halides is 3. The Bertz CT molecular complexity index is 807. The van der Waals surface area contributed by atoms with Gasteiger partial charge in [0.2, 0.25) is 0 Å². The van der Waals surface area contributed by atoms with Crippen molar-refractivity contribution in [1.82, 2.24) is 9.88 Å². The molecule has 3 nitrogen and oxygen atoms in total. The maximum absolute atomic E-state index is 13.0. The largest absolute Gasteiger partial charge is 0.416 e. The number of aromatic nitrogens is 1. The summed E-state index contributed by atoms with van der Waals surface area (Å²) >= 11 is 0. The van der Waals surface area contributed by atoms with Crippen LogP contribution in [0.15, 0.2) is 30.5 Å². The zero-order valence-electron chi connectivity index (χ0n) is 14.7. The normalized spacial score (nSPS) is 29.9. The summed E-state index contributed by atoms with van der Waals surface area (Å²) in [5, 5.41) is 11.7. The van der Waals surface area contributed by atoms with Crippen molar-refractivity contribution in [2.45, 2.75) is 44.5 Å². The highest BCUT2D eigenvalue weighted by Crippen LogP contribution is 2.43. The van der Waals surface area contributed by atoms with E-state index in [0.717, 1.165) is 38.1 Å². The molecule has 3 aliphatic heterocycles. The van der Waals surface area contributed by atoms with E-state index in [4.69, 9.17) is 0 Å². The molecule has 1 aromatic carbocycles. The van der Waals surface area contributed by atoms with Gasteiger partial charge in [-0.1, -0.05) is 19.4 Å². The topological polar surface area (TPSA) is 36.4 Å². The lowest BCUT2D eigenvalue weighted by Crippen LogP contribution is -2.55. The van der Waals surface area contributed by atoms with Gasteiger partial charge in [-0.05, 0) is 55.0 Å². The molecule has 5 rings (SSSR count). The molecular weight excluding hydrogens is 341 g/mol. The third-order valence-electron chi connectivity index (χ3n) is 6.25. The third kappa shape index (κ3) is 2.99. The van der Waals surface area contributed by atoms with Crippen LogP contribution in [0.3, 0.4) is 0 Å². The lowest BCUT2D eigenvalue weighted by atomic mass is 9.72. The molecule has 1 aromatic heterocycles. The lowest BCUT2D eigenvalue weighted by Gasteiger charge is -2.51. The molecule has 6 heteroatoms. The quantitative estimate of drug-likeness (QED) is 0.877. The number of aliphatic hydroxyl groups is 1. The molecule has 0 aliphatic carbocycles. The third-order valence-corrected chi connectivity index (χ3v) is 6.25. The molecule has 0 saturated carbocycles. The highest BCUT2D eigenvalue weighted by atomic mass is 19.4. The van der Waals surface area contributed by atoms with Crippen LogP contribution in [0.2, 0.25) is 0 Å². The van der Waals surface area contributed by atoms with E-state index in [2.05, 4.69) is 16.8 Å². The molecule has 5 atom stereocenters. The van der Waals surface area contributed by atoms with Gasteiger partial charge in [0.1, 0.15) is 0 Å². The fourth-order valence-electron chi connectivity index (χ4n) is 4.78. The first-order chi connectivity index (χ1) is 12.4. The Balaban J connectivity index is 1.66. The predicted molar refractivity (Wildman–Crippen MR) is 93.6 cm³/mol. The van der Waals surface area contributed by atoms with E-state index in [1.807, 2.05) is 0 Å². The SMILES string of the molecule is CC[C@H]1C[N@]2CC[C@H]1C[C@@H]2C(O)c1ccnc2cc(C(F)(F)F)ccc12. The first-order valence-electron chi connectivity index (χ1n) is 9.26. The van der Waals surface area contributed by atoms with Crippen LogP contribution in [0, 0.1) is 11.8 Å². The first kappa shape index (κ1) is 17.7. The van der Waals surface area contributed by atoms with Crippen molar-refractivity contribution in [2.24, 2.45) is 11.8 Å². The molecule has 140 valence electrons. The van der Waals surface area contributed by atoms with Crippen molar-refractivity contribution in [3.8, 4) is 0 Å². The molecular formula is C20H23F3N2O. The number of nitrogens with zero attached hydrogens (tertiary/aromatic N) is 2. The summed E-state index contributed by atoms with van der Waals surface area (Å²) in [6.45, 7) is 4.21. The van der Waals surface area contributed by atoms with Gasteiger partial charge < -0.3 is 5.11 Å². The Hall–Kier alpha value is -1.66. The highest BCUT2D eigenvalue weighted by molar-refractivity contribution is 5.83. The Labute approximate surface area is 150 Å². The van der Waals surface area contributed by atoms with Crippen LogP contribution in [0.25, 0.3) is 10.9 Å². The average Bonchev–Trinajstić information content (AvgIpc) is 2.66. The molecule has 0 amide bonds. The number of halogens is 3. The number of benzene rings is 1. The lowest BCUT2D eigenvalue weighted by molar-refractivity contribution is -0.137. The van der Waals surface area contributed by atoms with Gasteiger partial charge in [-0.3, -0.25) is 9.88 Å². The van der Waals surface area contributed by atoms with Crippen LogP contribution in [-0.4, -0.2) is 34.1 Å². The minimum Gasteiger partial charge on any atom is -0.387 e. The zero-order valence-corrected chi connectivity index (χ0v) is 14.7. The number of piperidine rings is 3. The van der Waals surface area contributed by atoms with Gasteiger partial charge in [0.15, 0.2) is 0 Å². The molecule has 4 heterocycles. The highest BCUT2D eigenvalue weighted by Gasteiger charge is 2.42. The van der Waals surface area contributed by atoms with Gasteiger partial charge in [0.05, 0.1) is 17.2 Å². The second-order valence-corrected chi connectivity index (χ2v) is 7.59. The number of hydrogen-bond acceptors (Lipinski definition) is 3. The van der Waals surface area contributed by atoms with Crippen LogP contribution < -0.4 is 0 Å². The molecule has 26 heavy (non-hydrogen) atoms. The van der Waals surface area contributed by atoms with Gasteiger partial charge in [0.25, 0.3) is 0 Å². The van der Waals surface area contributed by atoms with Crippen LogP contribution >= 0.6 is 0 Å². The standard InChI is InChI=1S/C20H23F3N2O/c1-2-12-11-25-8-6-13(12)9-18(25)19(26)16-5-7-24-17-10-14(20(21,22)23)3-4-15(16)17/h3-5,7,10,12-13,18-19,26H,2,6,8-9,11H2,1H3/t12-,13-,18+,19?/m0/s1. The molecule has 1 N–H and O–H groups in total. The maximum atomic E-state index is 13.0. The number of fused-ring (bicyclic) bond motifs is 4. The molecule has 3 saturated heterocycles. The molecule has 3 aliphatic rings. The molecule has 0 radical (unpaired) electrons. The summed E-state index contributed by atoms with van der Waals surface area (Å²) in [6, 6.07) is 5.34. The van der Waals surface area contributed by atoms with Crippen LogP contribution in [0.5, 0.6) is 0 Å². The summed E-state index contributed by atoms with van der Waals surface area (Å²) in [5.41, 5.74) is 0.239. The summed E-state index contributed by atoms with van der Waals surface area (Å²) in [6.07, 6.45) is -0.335. The number of rotatable bonds is 3. The minimum atomic E-state index is -4.39. The summed E-state index contributed by atoms with van der Waals surface area (Å²) in [5.74, 6) is 1.32. The van der Waals surface area contributed by atoms with Crippen LogP contribution in [0.4, 0.5) is 13.2 Å². The molecule has 0 spiro atoms. The molecule has 3 fully saturated rings. The fourth-order valence-corrected chi connectivity index (χ4v) is 4.78. The summed E-state index contributed by atoms with van der Waals surface area (Å²) in [7, 11) is 0. The van der Waals surface area contributed by atoms with Gasteiger partial charge in [-0.25, -0.2) is 0 Å². The smallest absolute Gasteiger partial charge is 0.387 e. The van der Waals surface area contributed by atoms with Gasteiger partial charge >= 0.3 is 6.18 Å². The number of hydrogen-bond donors (Lipinski definition) is 1. The summed E-state index contributed by atoms with van der Waals surface area (Å²) < 4.78 is 38.9. The Morgan fingerprint density at radius 3 is 2.77 bits per heavy atom. The van der Waals surface area contributed by atoms with Gasteiger partial charge in [-0.15, -0.1) is 0 Å². The number of aliphatic hydroxyl groups excluding tert-OH is 1. The van der Waals surface area contributed by atoms with Crippen molar-refractivity contribution in [3.05, 3.63) is 41.6 Å². The average molecular weight is 364 g/mol. The maximum Gasteiger partial charge on any atom is 0.416 e. The van der Waals surface area contributed by atoms with Crippen molar-refractivity contribution in [1.29, 1.82) is 0 Å². The Kier molecular flexibility index (Phi) is 4.43. The zero-order chi connectivity index (χ0) is 18.5. The van der Waals surface area contributed by atoms with Crippen molar-refractivity contribution in [2.75, 3.05) is 13.1 Å². The van der Waals surface area contributed by atoms with Crippen molar-refractivity contribution < 1.29 is 18.3 Å². The van der Waals surface area contributed by atoms with E-state index in [1.54, 1.807) is 6.07 Å². The first-order valence-corrected chi connectivity index (χ1v) is 9.26. The van der Waals surface area contributed by atoms with Gasteiger partial charge in [-0.2, -0.15) is 13.2 Å². The molecule has 2 aromatic rings. The minimum absolute atomic E-state index is 0.0319. The van der Waals surface area contributed by atoms with E-state index >= 15 is 0 Å².